The van der Waals surface area contributed by atoms with Crippen molar-refractivity contribution in [3.8, 4) is 11.5 Å². The molecule has 4 rings (SSSR count). The van der Waals surface area contributed by atoms with Crippen molar-refractivity contribution in [1.29, 1.82) is 0 Å². The minimum absolute atomic E-state index is 0.121. The van der Waals surface area contributed by atoms with E-state index < -0.39 is 11.6 Å². The number of benzene rings is 2. The molecule has 2 heterocycles. The number of urea groups is 1. The zero-order valence-corrected chi connectivity index (χ0v) is 18.5. The summed E-state index contributed by atoms with van der Waals surface area (Å²) in [5.74, 6) is 0.445. The third-order valence-electron chi connectivity index (χ3n) is 6.13. The molecule has 2 aromatic carbocycles. The number of ether oxygens (including phenoxy) is 2. The number of likely N-dealkylation sites (tertiary alicyclic amines) is 1. The summed E-state index contributed by atoms with van der Waals surface area (Å²) in [5, 5.41) is 2.88. The van der Waals surface area contributed by atoms with E-state index in [1.54, 1.807) is 30.2 Å². The minimum atomic E-state index is -1.10. The van der Waals surface area contributed by atoms with Crippen LogP contribution < -0.4 is 14.8 Å². The van der Waals surface area contributed by atoms with Crippen molar-refractivity contribution >= 4 is 17.8 Å². The minimum Gasteiger partial charge on any atom is -0.497 e. The Morgan fingerprint density at radius 1 is 1.09 bits per heavy atom. The first-order valence-corrected chi connectivity index (χ1v) is 10.6. The van der Waals surface area contributed by atoms with Gasteiger partial charge in [0.1, 0.15) is 17.0 Å². The Hall–Kier alpha value is -3.55. The third kappa shape index (κ3) is 3.88. The summed E-state index contributed by atoms with van der Waals surface area (Å²) < 4.78 is 10.6. The number of hydrogen-bond acceptors (Lipinski definition) is 5. The van der Waals surface area contributed by atoms with Gasteiger partial charge in [0.2, 0.25) is 0 Å². The van der Waals surface area contributed by atoms with Gasteiger partial charge in [0.15, 0.2) is 0 Å². The van der Waals surface area contributed by atoms with Crippen molar-refractivity contribution in [3.05, 3.63) is 59.2 Å². The van der Waals surface area contributed by atoms with Crippen molar-refractivity contribution in [2.24, 2.45) is 0 Å². The van der Waals surface area contributed by atoms with Crippen LogP contribution in [-0.2, 0) is 11.3 Å². The summed E-state index contributed by atoms with van der Waals surface area (Å²) in [4.78, 5) is 42.2. The zero-order valence-electron chi connectivity index (χ0n) is 18.5. The van der Waals surface area contributed by atoms with Crippen LogP contribution in [0.15, 0.2) is 42.5 Å². The fourth-order valence-electron chi connectivity index (χ4n) is 4.35. The lowest BCUT2D eigenvalue weighted by atomic mass is 9.88. The topological polar surface area (TPSA) is 88.2 Å². The summed E-state index contributed by atoms with van der Waals surface area (Å²) in [6, 6.07) is 12.3. The molecule has 1 N–H and O–H groups in total. The molecule has 1 spiro atoms. The molecule has 0 radical (unpaired) electrons. The van der Waals surface area contributed by atoms with Gasteiger partial charge in [-0.15, -0.1) is 0 Å². The van der Waals surface area contributed by atoms with Crippen molar-refractivity contribution in [1.82, 2.24) is 15.1 Å². The number of piperidine rings is 1. The molecule has 4 amide bonds. The molecule has 8 heteroatoms. The molecular formula is C24H27N3O5. The molecule has 2 aliphatic rings. The number of aryl methyl sites for hydroxylation is 1. The molecule has 0 aromatic heterocycles. The van der Waals surface area contributed by atoms with Crippen molar-refractivity contribution in [2.75, 3.05) is 27.3 Å². The van der Waals surface area contributed by atoms with Gasteiger partial charge in [-0.25, -0.2) is 4.79 Å². The van der Waals surface area contributed by atoms with Gasteiger partial charge in [-0.2, -0.15) is 0 Å². The second-order valence-electron chi connectivity index (χ2n) is 8.29. The number of carbonyl (C=O) groups excluding carboxylic acids is 3. The van der Waals surface area contributed by atoms with Crippen LogP contribution in [-0.4, -0.2) is 60.5 Å². The Bertz CT molecular complexity index is 1050. The summed E-state index contributed by atoms with van der Waals surface area (Å²) in [7, 11) is 3.04. The Labute approximate surface area is 187 Å². The molecule has 1 atom stereocenters. The molecule has 0 unspecified atom stereocenters. The van der Waals surface area contributed by atoms with Crippen LogP contribution in [0.25, 0.3) is 0 Å². The maximum Gasteiger partial charge on any atom is 0.325 e. The van der Waals surface area contributed by atoms with Gasteiger partial charge in [0.05, 0.1) is 32.9 Å². The van der Waals surface area contributed by atoms with E-state index in [-0.39, 0.29) is 24.9 Å². The van der Waals surface area contributed by atoms with Gasteiger partial charge >= 0.3 is 6.03 Å². The highest BCUT2D eigenvalue weighted by Gasteiger charge is 2.53. The van der Waals surface area contributed by atoms with Crippen molar-refractivity contribution < 1.29 is 23.9 Å². The van der Waals surface area contributed by atoms with Gasteiger partial charge in [-0.1, -0.05) is 29.8 Å². The molecule has 0 saturated carbocycles. The Morgan fingerprint density at radius 3 is 2.53 bits per heavy atom. The number of nitrogens with one attached hydrogen (secondary N) is 1. The fourth-order valence-corrected chi connectivity index (χ4v) is 4.35. The molecule has 2 saturated heterocycles. The Morgan fingerprint density at radius 2 is 1.84 bits per heavy atom. The second kappa shape index (κ2) is 8.53. The highest BCUT2D eigenvalue weighted by atomic mass is 16.5. The van der Waals surface area contributed by atoms with E-state index in [9.17, 15) is 14.4 Å². The second-order valence-corrected chi connectivity index (χ2v) is 8.29. The largest absolute Gasteiger partial charge is 0.497 e. The van der Waals surface area contributed by atoms with Crippen molar-refractivity contribution in [2.45, 2.75) is 31.8 Å². The first-order valence-electron chi connectivity index (χ1n) is 10.6. The number of carbonyl (C=O) groups is 3. The first-order chi connectivity index (χ1) is 15.4. The summed E-state index contributed by atoms with van der Waals surface area (Å²) >= 11 is 0. The molecule has 2 fully saturated rings. The number of nitrogens with zero attached hydrogens (tertiary/aromatic N) is 2. The lowest BCUT2D eigenvalue weighted by molar-refractivity contribution is -0.133. The maximum absolute atomic E-state index is 13.3. The Balaban J connectivity index is 1.54. The van der Waals surface area contributed by atoms with Gasteiger partial charge < -0.3 is 19.7 Å². The van der Waals surface area contributed by atoms with E-state index in [2.05, 4.69) is 5.32 Å². The standard InChI is InChI=1S/C24H27N3O5/c1-16-5-7-17(8-6-16)14-27-22(29)24(25-23(27)30)11-4-12-26(15-24)21(28)19-10-9-18(31-2)13-20(19)32-3/h5-10,13H,4,11-12,14-15H2,1-3H3,(H,25,30)/t24-/m1/s1. The smallest absolute Gasteiger partial charge is 0.325 e. The van der Waals surface area contributed by atoms with Gasteiger partial charge in [-0.05, 0) is 37.5 Å². The van der Waals surface area contributed by atoms with Crippen LogP contribution in [0.1, 0.15) is 34.3 Å². The van der Waals surface area contributed by atoms with Crippen LogP contribution in [0, 0.1) is 6.92 Å². The van der Waals surface area contributed by atoms with E-state index in [1.807, 2.05) is 31.2 Å². The summed E-state index contributed by atoms with van der Waals surface area (Å²) in [5.41, 5.74) is 1.27. The van der Waals surface area contributed by atoms with Crippen LogP contribution >= 0.6 is 0 Å². The van der Waals surface area contributed by atoms with Gasteiger partial charge in [0, 0.05) is 12.6 Å². The number of amides is 4. The SMILES string of the molecule is COc1ccc(C(=O)N2CCC[C@]3(C2)NC(=O)N(Cc2ccc(C)cc2)C3=O)c(OC)c1. The van der Waals surface area contributed by atoms with E-state index >= 15 is 0 Å². The number of methoxy groups -OCH3 is 2. The maximum atomic E-state index is 13.3. The predicted molar refractivity (Wildman–Crippen MR) is 118 cm³/mol. The number of imide groups is 1. The first kappa shape index (κ1) is 21.7. The lowest BCUT2D eigenvalue weighted by Gasteiger charge is -2.38. The van der Waals surface area contributed by atoms with Gasteiger partial charge in [-0.3, -0.25) is 14.5 Å². The summed E-state index contributed by atoms with van der Waals surface area (Å²) in [6.07, 6.45) is 1.10. The van der Waals surface area contributed by atoms with E-state index in [0.29, 0.717) is 36.4 Å². The zero-order chi connectivity index (χ0) is 22.9. The molecule has 168 valence electrons. The lowest BCUT2D eigenvalue weighted by Crippen LogP contribution is -2.59. The quantitative estimate of drug-likeness (QED) is 0.727. The monoisotopic (exact) mass is 437 g/mol. The molecule has 2 aromatic rings. The highest BCUT2D eigenvalue weighted by Crippen LogP contribution is 2.32. The van der Waals surface area contributed by atoms with Crippen molar-refractivity contribution in [3.63, 3.8) is 0 Å². The normalized spacial score (nSPS) is 20.5. The number of hydrogen-bond donors (Lipinski definition) is 1. The van der Waals surface area contributed by atoms with Crippen LogP contribution in [0.4, 0.5) is 4.79 Å². The molecule has 32 heavy (non-hydrogen) atoms. The predicted octanol–water partition coefficient (Wildman–Crippen LogP) is 2.74. The molecule has 0 bridgehead atoms. The van der Waals surface area contributed by atoms with E-state index in [1.165, 1.54) is 12.0 Å². The number of rotatable bonds is 5. The third-order valence-corrected chi connectivity index (χ3v) is 6.13. The van der Waals surface area contributed by atoms with Gasteiger partial charge in [0.25, 0.3) is 11.8 Å². The molecule has 0 aliphatic carbocycles. The highest BCUT2D eigenvalue weighted by molar-refractivity contribution is 6.08. The molecule has 2 aliphatic heterocycles. The average molecular weight is 437 g/mol. The van der Waals surface area contributed by atoms with E-state index in [0.717, 1.165) is 11.1 Å². The van der Waals surface area contributed by atoms with Crippen LogP contribution in [0.3, 0.4) is 0 Å². The Kier molecular flexibility index (Phi) is 5.78. The molecule has 8 nitrogen and oxygen atoms in total. The van der Waals surface area contributed by atoms with Crippen LogP contribution in [0.5, 0.6) is 11.5 Å². The molecular weight excluding hydrogens is 410 g/mol. The van der Waals surface area contributed by atoms with Crippen LogP contribution in [0.2, 0.25) is 0 Å². The van der Waals surface area contributed by atoms with E-state index in [4.69, 9.17) is 9.47 Å². The summed E-state index contributed by atoms with van der Waals surface area (Å²) in [6.45, 7) is 2.80. The average Bonchev–Trinajstić information content (AvgIpc) is 3.03. The fraction of sp³-hybridized carbons (Fsp3) is 0.375.